The molecule has 1 atom stereocenters. The largest absolute Gasteiger partial charge is 0.573 e. The molecule has 3 aromatic carbocycles. The number of hydrogen-bond acceptors (Lipinski definition) is 4. The SMILES string of the molecule is OC(CN(Cc1ccc(C(F)(F)F)cc1F)c1cccc(Oc2cccc(OC(F)(F)F)c2)c1)C(F)(F)F. The first-order valence-corrected chi connectivity index (χ1v) is 10.5. The first kappa shape index (κ1) is 28.9. The summed E-state index contributed by atoms with van der Waals surface area (Å²) >= 11 is 0. The van der Waals surface area contributed by atoms with Gasteiger partial charge in [-0.2, -0.15) is 26.3 Å². The van der Waals surface area contributed by atoms with E-state index in [1.54, 1.807) is 0 Å². The molecule has 0 radical (unpaired) electrons. The first-order valence-electron chi connectivity index (χ1n) is 10.5. The van der Waals surface area contributed by atoms with Gasteiger partial charge in [-0.25, -0.2) is 4.39 Å². The van der Waals surface area contributed by atoms with Crippen molar-refractivity contribution in [3.63, 3.8) is 0 Å². The zero-order chi connectivity index (χ0) is 28.3. The molecule has 38 heavy (non-hydrogen) atoms. The van der Waals surface area contributed by atoms with Gasteiger partial charge in [-0.05, 0) is 36.4 Å². The number of halogens is 10. The van der Waals surface area contributed by atoms with E-state index in [-0.39, 0.29) is 23.3 Å². The second-order valence-corrected chi connectivity index (χ2v) is 7.86. The van der Waals surface area contributed by atoms with Gasteiger partial charge < -0.3 is 19.5 Å². The molecule has 0 fully saturated rings. The Kier molecular flexibility index (Phi) is 8.34. The molecule has 206 valence electrons. The lowest BCUT2D eigenvalue weighted by Gasteiger charge is -2.29. The number of aliphatic hydroxyl groups excluding tert-OH is 1. The fourth-order valence-corrected chi connectivity index (χ4v) is 3.25. The minimum atomic E-state index is -5.07. The van der Waals surface area contributed by atoms with E-state index >= 15 is 0 Å². The molecule has 3 aromatic rings. The summed E-state index contributed by atoms with van der Waals surface area (Å²) in [5, 5.41) is 9.60. The molecule has 0 spiro atoms. The lowest BCUT2D eigenvalue weighted by atomic mass is 10.1. The summed E-state index contributed by atoms with van der Waals surface area (Å²) in [6.45, 7) is -1.79. The maximum atomic E-state index is 14.4. The smallest absolute Gasteiger partial charge is 0.457 e. The molecule has 0 aliphatic heterocycles. The molecule has 0 saturated heterocycles. The summed E-state index contributed by atoms with van der Waals surface area (Å²) in [6, 6.07) is 10.9. The van der Waals surface area contributed by atoms with Crippen LogP contribution in [0.15, 0.2) is 66.7 Å². The zero-order valence-electron chi connectivity index (χ0n) is 18.8. The molecule has 4 nitrogen and oxygen atoms in total. The van der Waals surface area contributed by atoms with Crippen LogP contribution in [0.4, 0.5) is 49.6 Å². The average Bonchev–Trinajstić information content (AvgIpc) is 2.77. The van der Waals surface area contributed by atoms with Gasteiger partial charge in [0.25, 0.3) is 0 Å². The van der Waals surface area contributed by atoms with Crippen LogP contribution in [0.2, 0.25) is 0 Å². The lowest BCUT2D eigenvalue weighted by Crippen LogP contribution is -2.41. The fraction of sp³-hybridized carbons (Fsp3) is 0.250. The summed E-state index contributed by atoms with van der Waals surface area (Å²) in [6.07, 6.45) is -17.8. The second-order valence-electron chi connectivity index (χ2n) is 7.86. The number of anilines is 1. The van der Waals surface area contributed by atoms with Crippen LogP contribution in [0.5, 0.6) is 17.2 Å². The molecular formula is C24H17F10NO3. The number of ether oxygens (including phenoxy) is 2. The van der Waals surface area contributed by atoms with Gasteiger partial charge in [0, 0.05) is 29.9 Å². The van der Waals surface area contributed by atoms with Crippen LogP contribution in [0.25, 0.3) is 0 Å². The van der Waals surface area contributed by atoms with Crippen LogP contribution in [0.1, 0.15) is 11.1 Å². The Morgan fingerprint density at radius 1 is 0.763 bits per heavy atom. The molecule has 1 N–H and O–H groups in total. The minimum Gasteiger partial charge on any atom is -0.457 e. The third-order valence-corrected chi connectivity index (χ3v) is 4.97. The van der Waals surface area contributed by atoms with E-state index < -0.39 is 60.6 Å². The van der Waals surface area contributed by atoms with Gasteiger partial charge in [-0.1, -0.05) is 18.2 Å². The van der Waals surface area contributed by atoms with Gasteiger partial charge in [0.2, 0.25) is 0 Å². The van der Waals surface area contributed by atoms with Crippen molar-refractivity contribution >= 4 is 5.69 Å². The summed E-state index contributed by atoms with van der Waals surface area (Å²) in [7, 11) is 0. The molecule has 0 aromatic heterocycles. The fourth-order valence-electron chi connectivity index (χ4n) is 3.25. The zero-order valence-corrected chi connectivity index (χ0v) is 18.8. The van der Waals surface area contributed by atoms with Gasteiger partial charge >= 0.3 is 18.7 Å². The number of hydrogen-bond donors (Lipinski definition) is 1. The van der Waals surface area contributed by atoms with E-state index in [0.717, 1.165) is 29.2 Å². The summed E-state index contributed by atoms with van der Waals surface area (Å²) in [5.41, 5.74) is -1.75. The Morgan fingerprint density at radius 2 is 1.37 bits per heavy atom. The Hall–Kier alpha value is -3.68. The molecule has 0 amide bonds. The van der Waals surface area contributed by atoms with E-state index in [1.807, 2.05) is 0 Å². The third kappa shape index (κ3) is 8.16. The molecule has 0 heterocycles. The van der Waals surface area contributed by atoms with Gasteiger partial charge in [0.15, 0.2) is 6.10 Å². The summed E-state index contributed by atoms with van der Waals surface area (Å²) < 4.78 is 139. The van der Waals surface area contributed by atoms with Gasteiger partial charge in [-0.15, -0.1) is 13.2 Å². The van der Waals surface area contributed by atoms with E-state index in [2.05, 4.69) is 4.74 Å². The summed E-state index contributed by atoms with van der Waals surface area (Å²) in [5.74, 6) is -2.12. The van der Waals surface area contributed by atoms with Crippen LogP contribution in [0, 0.1) is 5.82 Å². The highest BCUT2D eigenvalue weighted by Crippen LogP contribution is 2.33. The normalized spacial score (nSPS) is 13.2. The lowest BCUT2D eigenvalue weighted by molar-refractivity contribution is -0.274. The monoisotopic (exact) mass is 557 g/mol. The number of alkyl halides is 9. The number of aliphatic hydroxyl groups is 1. The molecule has 0 aliphatic rings. The van der Waals surface area contributed by atoms with Crippen molar-refractivity contribution in [3.8, 4) is 17.2 Å². The Balaban J connectivity index is 1.90. The first-order chi connectivity index (χ1) is 17.5. The predicted molar refractivity (Wildman–Crippen MR) is 114 cm³/mol. The Bertz CT molecular complexity index is 1240. The van der Waals surface area contributed by atoms with Crippen LogP contribution >= 0.6 is 0 Å². The van der Waals surface area contributed by atoms with Gasteiger partial charge in [-0.3, -0.25) is 0 Å². The molecule has 0 aliphatic carbocycles. The number of benzene rings is 3. The Labute approximate surface area is 208 Å². The van der Waals surface area contributed by atoms with Crippen molar-refractivity contribution in [3.05, 3.63) is 83.7 Å². The van der Waals surface area contributed by atoms with Crippen LogP contribution in [-0.4, -0.2) is 30.3 Å². The van der Waals surface area contributed by atoms with Gasteiger partial charge in [0.05, 0.1) is 12.1 Å². The topological polar surface area (TPSA) is 41.9 Å². The predicted octanol–water partition coefficient (Wildman–Crippen LogP) is 7.47. The molecule has 1 unspecified atom stereocenters. The van der Waals surface area contributed by atoms with Gasteiger partial charge in [0.1, 0.15) is 23.1 Å². The maximum Gasteiger partial charge on any atom is 0.573 e. The van der Waals surface area contributed by atoms with Crippen molar-refractivity contribution < 1.29 is 58.5 Å². The summed E-state index contributed by atoms with van der Waals surface area (Å²) in [4.78, 5) is 0.861. The van der Waals surface area contributed by atoms with Crippen molar-refractivity contribution in [2.45, 2.75) is 31.4 Å². The molecule has 0 bridgehead atoms. The van der Waals surface area contributed by atoms with E-state index in [0.29, 0.717) is 6.07 Å². The van der Waals surface area contributed by atoms with Crippen molar-refractivity contribution in [1.29, 1.82) is 0 Å². The number of nitrogens with zero attached hydrogens (tertiary/aromatic N) is 1. The quantitative estimate of drug-likeness (QED) is 0.292. The third-order valence-electron chi connectivity index (χ3n) is 4.97. The molecular weight excluding hydrogens is 540 g/mol. The standard InChI is InChI=1S/C24H17F10NO3/c25-20-9-15(22(26,27)28)8-7-14(20)12-35(13-21(36)23(29,30)31)16-3-1-4-17(10-16)37-18-5-2-6-19(11-18)38-24(32,33)34/h1-11,21,36H,12-13H2. The van der Waals surface area contributed by atoms with Crippen molar-refractivity contribution in [2.24, 2.45) is 0 Å². The van der Waals surface area contributed by atoms with Crippen LogP contribution < -0.4 is 14.4 Å². The van der Waals surface area contributed by atoms with Crippen molar-refractivity contribution in [1.82, 2.24) is 0 Å². The van der Waals surface area contributed by atoms with Crippen LogP contribution in [-0.2, 0) is 12.7 Å². The molecule has 3 rings (SSSR count). The maximum absolute atomic E-state index is 14.4. The number of rotatable bonds is 8. The average molecular weight is 557 g/mol. The van der Waals surface area contributed by atoms with E-state index in [1.165, 1.54) is 30.3 Å². The highest BCUT2D eigenvalue weighted by Gasteiger charge is 2.39. The molecule has 0 saturated carbocycles. The highest BCUT2D eigenvalue weighted by atomic mass is 19.4. The molecule has 14 heteroatoms. The highest BCUT2D eigenvalue weighted by molar-refractivity contribution is 5.52. The van der Waals surface area contributed by atoms with E-state index in [4.69, 9.17) is 4.74 Å². The van der Waals surface area contributed by atoms with E-state index in [9.17, 15) is 49.0 Å². The van der Waals surface area contributed by atoms with Crippen LogP contribution in [0.3, 0.4) is 0 Å². The van der Waals surface area contributed by atoms with Crippen molar-refractivity contribution in [2.75, 3.05) is 11.4 Å². The Morgan fingerprint density at radius 3 is 1.95 bits per heavy atom. The second kappa shape index (κ2) is 11.0. The minimum absolute atomic E-state index is 0.0622.